The van der Waals surface area contributed by atoms with Crippen LogP contribution in [0, 0.1) is 0 Å². The van der Waals surface area contributed by atoms with E-state index in [4.69, 9.17) is 0 Å². The molecule has 56 heavy (non-hydrogen) atoms. The molecule has 0 radical (unpaired) electrons. The second kappa shape index (κ2) is 31.2. The molecular weight excluding hydrogens is 708 g/mol. The van der Waals surface area contributed by atoms with Gasteiger partial charge in [-0.05, 0) is 64.3 Å². The van der Waals surface area contributed by atoms with Crippen LogP contribution in [0.2, 0.25) is 0 Å². The Morgan fingerprint density at radius 3 is 0.839 bits per heavy atom. The first-order chi connectivity index (χ1) is 26.7. The van der Waals surface area contributed by atoms with Crippen molar-refractivity contribution in [2.24, 2.45) is 0 Å². The zero-order chi connectivity index (χ0) is 41.7. The highest BCUT2D eigenvalue weighted by Gasteiger charge is 2.37. The van der Waals surface area contributed by atoms with E-state index in [0.29, 0.717) is 5.56 Å². The molecule has 0 bridgehead atoms. The van der Waals surface area contributed by atoms with Crippen LogP contribution in [0.4, 0.5) is 0 Å². The Kier molecular flexibility index (Phi) is 29.8. The maximum Gasteiger partial charge on any atom is 0.358 e. The van der Waals surface area contributed by atoms with Gasteiger partial charge in [-0.3, -0.25) is 4.57 Å². The molecule has 0 aliphatic rings. The van der Waals surface area contributed by atoms with Gasteiger partial charge in [-0.15, -0.1) is 0 Å². The van der Waals surface area contributed by atoms with Crippen LogP contribution in [-0.2, 0) is 28.2 Å². The Labute approximate surface area is 350 Å². The van der Waals surface area contributed by atoms with Gasteiger partial charge in [-0.1, -0.05) is 254 Å². The lowest BCUT2D eigenvalue weighted by molar-refractivity contribution is 0.203. The first kappa shape index (κ1) is 53.3. The Morgan fingerprint density at radius 2 is 0.643 bits per heavy atom. The summed E-state index contributed by atoms with van der Waals surface area (Å²) in [5, 5.41) is 11.5. The van der Waals surface area contributed by atoms with Crippen LogP contribution in [0.5, 0.6) is 0 Å². The largest absolute Gasteiger partial charge is 0.376 e. The lowest BCUT2D eigenvalue weighted by atomic mass is 9.72. The Hall–Kier alpha value is -0.670. The summed E-state index contributed by atoms with van der Waals surface area (Å²) in [7, 11) is -4.77. The molecule has 5 heteroatoms. The predicted molar refractivity (Wildman–Crippen MR) is 247 cm³/mol. The number of aliphatic hydroxyl groups excluding tert-OH is 1. The highest BCUT2D eigenvalue weighted by molar-refractivity contribution is 7.51. The van der Waals surface area contributed by atoms with Crippen LogP contribution in [0.15, 0.2) is 6.07 Å². The van der Waals surface area contributed by atoms with E-state index in [1.54, 1.807) is 0 Å². The first-order valence-corrected chi connectivity index (χ1v) is 26.3. The molecule has 1 atom stereocenters. The van der Waals surface area contributed by atoms with Gasteiger partial charge in [-0.25, -0.2) is 0 Å². The average molecular weight is 805 g/mol. The standard InChI is InChI=1S/C51H97O4P/c1-9-11-13-15-17-19-21-23-25-27-29-31-33-35-37-39-41-44-46(50(3,4)5)43-47(51(6,7)8)45(48(44)49(52)56(53,54)55)42-40-38-36-34-32-30-28-26-24-22-20-18-16-14-12-10-2/h43,49,52H,9-42H2,1-8H3,(H2,53,54,55). The van der Waals surface area contributed by atoms with Gasteiger partial charge in [0, 0.05) is 0 Å². The monoisotopic (exact) mass is 805 g/mol. The van der Waals surface area contributed by atoms with Crippen molar-refractivity contribution in [3.8, 4) is 0 Å². The second-order valence-electron chi connectivity index (χ2n) is 19.9. The van der Waals surface area contributed by atoms with E-state index in [2.05, 4.69) is 61.5 Å². The molecule has 1 unspecified atom stereocenters. The molecule has 1 aromatic rings. The van der Waals surface area contributed by atoms with Crippen molar-refractivity contribution >= 4 is 7.60 Å². The third-order valence-electron chi connectivity index (χ3n) is 12.3. The molecule has 1 rings (SSSR count). The van der Waals surface area contributed by atoms with Gasteiger partial charge in [0.1, 0.15) is 0 Å². The first-order valence-electron chi connectivity index (χ1n) is 24.6. The number of rotatable bonds is 36. The van der Waals surface area contributed by atoms with Crippen LogP contribution < -0.4 is 0 Å². The minimum absolute atomic E-state index is 0.208. The summed E-state index contributed by atoms with van der Waals surface area (Å²) >= 11 is 0. The summed E-state index contributed by atoms with van der Waals surface area (Å²) in [6.45, 7) is 17.8. The van der Waals surface area contributed by atoms with Gasteiger partial charge in [-0.2, -0.15) is 0 Å². The molecule has 330 valence electrons. The van der Waals surface area contributed by atoms with Crippen molar-refractivity contribution in [1.82, 2.24) is 0 Å². The Balaban J connectivity index is 2.76. The maximum atomic E-state index is 12.8. The van der Waals surface area contributed by atoms with Crippen molar-refractivity contribution in [2.45, 2.75) is 290 Å². The molecule has 0 fully saturated rings. The topological polar surface area (TPSA) is 77.8 Å². The Morgan fingerprint density at radius 1 is 0.429 bits per heavy atom. The van der Waals surface area contributed by atoms with E-state index in [9.17, 15) is 19.5 Å². The summed E-state index contributed by atoms with van der Waals surface area (Å²) < 4.78 is 12.8. The second-order valence-corrected chi connectivity index (χ2v) is 21.6. The van der Waals surface area contributed by atoms with E-state index >= 15 is 0 Å². The van der Waals surface area contributed by atoms with Gasteiger partial charge in [0.05, 0.1) is 0 Å². The van der Waals surface area contributed by atoms with Crippen molar-refractivity contribution in [2.75, 3.05) is 0 Å². The van der Waals surface area contributed by atoms with Gasteiger partial charge < -0.3 is 14.9 Å². The van der Waals surface area contributed by atoms with E-state index in [1.165, 1.54) is 180 Å². The number of hydrogen-bond donors (Lipinski definition) is 3. The fourth-order valence-corrected chi connectivity index (χ4v) is 9.50. The fraction of sp³-hybridized carbons (Fsp3) is 0.882. The smallest absolute Gasteiger partial charge is 0.358 e. The maximum absolute atomic E-state index is 12.8. The third kappa shape index (κ3) is 24.4. The summed E-state index contributed by atoms with van der Waals surface area (Å²) in [6.07, 6.45) is 43.7. The van der Waals surface area contributed by atoms with E-state index in [-0.39, 0.29) is 10.8 Å². The zero-order valence-electron chi connectivity index (χ0n) is 38.9. The van der Waals surface area contributed by atoms with E-state index in [0.717, 1.165) is 60.8 Å². The van der Waals surface area contributed by atoms with E-state index < -0.39 is 13.4 Å². The molecule has 0 saturated carbocycles. The van der Waals surface area contributed by atoms with Crippen molar-refractivity contribution in [3.05, 3.63) is 33.9 Å². The minimum atomic E-state index is -4.77. The quantitative estimate of drug-likeness (QED) is 0.0466. The third-order valence-corrected chi connectivity index (χ3v) is 13.2. The molecule has 0 aliphatic heterocycles. The van der Waals surface area contributed by atoms with Crippen LogP contribution in [0.1, 0.15) is 295 Å². The highest BCUT2D eigenvalue weighted by Crippen LogP contribution is 2.54. The fourth-order valence-electron chi connectivity index (χ4n) is 8.85. The molecule has 1 aromatic carbocycles. The van der Waals surface area contributed by atoms with Gasteiger partial charge >= 0.3 is 7.60 Å². The minimum Gasteiger partial charge on any atom is -0.376 e. The normalized spacial score (nSPS) is 13.2. The SMILES string of the molecule is CCCCCCCCCCCCCCCCCCc1c(C(C)(C)C)cc(C(C)(C)C)c(CCCCCCCCCCCCCCCCCC)c1C(O)P(=O)(O)O. The summed E-state index contributed by atoms with van der Waals surface area (Å²) in [6, 6.07) is 2.35. The number of unbranched alkanes of at least 4 members (excludes halogenated alkanes) is 30. The summed E-state index contributed by atoms with van der Waals surface area (Å²) in [4.78, 5) is 20.9. The highest BCUT2D eigenvalue weighted by atomic mass is 31.2. The van der Waals surface area contributed by atoms with Crippen LogP contribution in [0.25, 0.3) is 0 Å². The van der Waals surface area contributed by atoms with Crippen molar-refractivity contribution in [1.29, 1.82) is 0 Å². The molecule has 0 amide bonds. The molecule has 0 heterocycles. The van der Waals surface area contributed by atoms with Crippen LogP contribution in [-0.4, -0.2) is 14.9 Å². The zero-order valence-corrected chi connectivity index (χ0v) is 39.8. The van der Waals surface area contributed by atoms with Crippen molar-refractivity contribution < 1.29 is 19.5 Å². The summed E-state index contributed by atoms with van der Waals surface area (Å²) in [5.41, 5.74) is 4.42. The lowest BCUT2D eigenvalue weighted by Crippen LogP contribution is -2.24. The lowest BCUT2D eigenvalue weighted by Gasteiger charge is -2.34. The molecule has 3 N–H and O–H groups in total. The Bertz CT molecular complexity index is 1070. The number of benzene rings is 1. The van der Waals surface area contributed by atoms with E-state index in [1.807, 2.05) is 0 Å². The van der Waals surface area contributed by atoms with Crippen LogP contribution >= 0.6 is 7.60 Å². The molecule has 0 aromatic heterocycles. The van der Waals surface area contributed by atoms with Gasteiger partial charge in [0.2, 0.25) is 0 Å². The van der Waals surface area contributed by atoms with Gasteiger partial charge in [0.25, 0.3) is 0 Å². The van der Waals surface area contributed by atoms with Gasteiger partial charge in [0.15, 0.2) is 5.85 Å². The van der Waals surface area contributed by atoms with Crippen molar-refractivity contribution in [3.63, 3.8) is 0 Å². The molecular formula is C51H97O4P. The average Bonchev–Trinajstić information content (AvgIpc) is 3.12. The molecule has 0 aliphatic carbocycles. The molecule has 0 saturated heterocycles. The van der Waals surface area contributed by atoms with Crippen LogP contribution in [0.3, 0.4) is 0 Å². The number of aliphatic hydroxyl groups is 1. The predicted octanol–water partition coefficient (Wildman–Crippen LogP) is 17.1. The molecule has 0 spiro atoms. The summed E-state index contributed by atoms with van der Waals surface area (Å²) in [5.74, 6) is -1.78. The molecule has 4 nitrogen and oxygen atoms in total. The number of hydrogen-bond acceptors (Lipinski definition) is 2.